The molecule has 1 aromatic carbocycles. The summed E-state index contributed by atoms with van der Waals surface area (Å²) in [5.74, 6) is -1.19. The van der Waals surface area contributed by atoms with Crippen molar-refractivity contribution in [3.05, 3.63) is 35.4 Å². The number of benzene rings is 1. The summed E-state index contributed by atoms with van der Waals surface area (Å²) in [6.07, 6.45) is 0. The lowest BCUT2D eigenvalue weighted by molar-refractivity contribution is -0.150. The molecule has 0 N–H and O–H groups in total. The molecule has 1 aromatic rings. The Bertz CT molecular complexity index is 408. The molecule has 0 saturated carbocycles. The predicted octanol–water partition coefficient (Wildman–Crippen LogP) is 2.08. The van der Waals surface area contributed by atoms with Gasteiger partial charge in [-0.15, -0.1) is 0 Å². The first-order chi connectivity index (χ1) is 8.17. The topological polar surface area (TPSA) is 44.8 Å². The number of rotatable bonds is 3. The Morgan fingerprint density at radius 2 is 2.00 bits per heavy atom. The molecule has 4 nitrogen and oxygen atoms in total. The second-order valence-corrected chi connectivity index (χ2v) is 3.91. The van der Waals surface area contributed by atoms with Crippen LogP contribution >= 0.6 is 0 Å². The fourth-order valence-corrected chi connectivity index (χ4v) is 1.94. The van der Waals surface area contributed by atoms with Crippen molar-refractivity contribution in [2.45, 2.75) is 19.6 Å². The second-order valence-electron chi connectivity index (χ2n) is 3.91. The molecule has 0 atom stereocenters. The largest absolute Gasteiger partial charge is 0.462 e. The average molecular weight is 236 g/mol. The molecule has 1 fully saturated rings. The van der Waals surface area contributed by atoms with Crippen molar-refractivity contribution in [3.8, 4) is 0 Å². The van der Waals surface area contributed by atoms with Crippen LogP contribution < -0.4 is 0 Å². The molecule has 0 unspecified atom stereocenters. The van der Waals surface area contributed by atoms with Crippen molar-refractivity contribution in [1.29, 1.82) is 0 Å². The van der Waals surface area contributed by atoms with Crippen LogP contribution in [0.5, 0.6) is 0 Å². The second kappa shape index (κ2) is 4.85. The zero-order chi connectivity index (χ0) is 12.3. The molecule has 1 saturated heterocycles. The van der Waals surface area contributed by atoms with Crippen molar-refractivity contribution < 1.29 is 19.0 Å². The fraction of sp³-hybridized carbons (Fsp3) is 0.462. The summed E-state index contributed by atoms with van der Waals surface area (Å²) in [6.45, 7) is 5.02. The lowest BCUT2D eigenvalue weighted by Gasteiger charge is -2.24. The van der Waals surface area contributed by atoms with Gasteiger partial charge in [-0.2, -0.15) is 0 Å². The van der Waals surface area contributed by atoms with Gasteiger partial charge in [0.25, 0.3) is 0 Å². The van der Waals surface area contributed by atoms with E-state index in [1.54, 1.807) is 19.1 Å². The Labute approximate surface area is 100 Å². The Morgan fingerprint density at radius 3 is 2.65 bits per heavy atom. The van der Waals surface area contributed by atoms with Crippen LogP contribution in [-0.4, -0.2) is 25.8 Å². The van der Waals surface area contributed by atoms with Crippen molar-refractivity contribution in [2.24, 2.45) is 0 Å². The summed E-state index contributed by atoms with van der Waals surface area (Å²) in [6, 6.07) is 7.21. The maximum absolute atomic E-state index is 11.8. The van der Waals surface area contributed by atoms with Gasteiger partial charge in [0.1, 0.15) is 0 Å². The normalized spacial score (nSPS) is 18.0. The number of ether oxygens (including phenoxy) is 3. The van der Waals surface area contributed by atoms with Crippen LogP contribution in [0.3, 0.4) is 0 Å². The first-order valence-electron chi connectivity index (χ1n) is 5.72. The molecule has 1 aliphatic heterocycles. The van der Waals surface area contributed by atoms with E-state index in [0.29, 0.717) is 25.4 Å². The minimum atomic E-state index is -0.844. The smallest absolute Gasteiger partial charge is 0.338 e. The molecule has 1 heterocycles. The molecule has 17 heavy (non-hydrogen) atoms. The van der Waals surface area contributed by atoms with E-state index in [9.17, 15) is 4.79 Å². The maximum atomic E-state index is 11.8. The third-order valence-electron chi connectivity index (χ3n) is 2.75. The van der Waals surface area contributed by atoms with Crippen molar-refractivity contribution in [1.82, 2.24) is 0 Å². The van der Waals surface area contributed by atoms with Crippen molar-refractivity contribution >= 4 is 5.97 Å². The molecular weight excluding hydrogens is 220 g/mol. The molecule has 4 heteroatoms. The van der Waals surface area contributed by atoms with E-state index < -0.39 is 5.79 Å². The molecule has 0 amide bonds. The summed E-state index contributed by atoms with van der Waals surface area (Å²) >= 11 is 0. The maximum Gasteiger partial charge on any atom is 0.338 e. The Morgan fingerprint density at radius 1 is 1.35 bits per heavy atom. The van der Waals surface area contributed by atoms with Gasteiger partial charge >= 0.3 is 5.97 Å². The van der Waals surface area contributed by atoms with Gasteiger partial charge in [-0.25, -0.2) is 4.79 Å². The van der Waals surface area contributed by atoms with E-state index in [4.69, 9.17) is 14.2 Å². The number of esters is 1. The van der Waals surface area contributed by atoms with E-state index in [1.807, 2.05) is 19.1 Å². The Kier molecular flexibility index (Phi) is 3.45. The number of hydrogen-bond acceptors (Lipinski definition) is 4. The van der Waals surface area contributed by atoms with E-state index in [0.717, 1.165) is 5.56 Å². The van der Waals surface area contributed by atoms with Gasteiger partial charge < -0.3 is 14.2 Å². The summed E-state index contributed by atoms with van der Waals surface area (Å²) in [5.41, 5.74) is 1.22. The molecule has 1 aliphatic rings. The van der Waals surface area contributed by atoms with Crippen LogP contribution in [0.1, 0.15) is 29.8 Å². The Hall–Kier alpha value is -1.39. The van der Waals surface area contributed by atoms with Crippen LogP contribution in [0.2, 0.25) is 0 Å². The number of carbonyl (C=O) groups excluding carboxylic acids is 1. The molecule has 0 aromatic heterocycles. The number of carbonyl (C=O) groups is 1. The molecule has 0 radical (unpaired) electrons. The van der Waals surface area contributed by atoms with Gasteiger partial charge in [-0.1, -0.05) is 18.2 Å². The van der Waals surface area contributed by atoms with Crippen LogP contribution in [-0.2, 0) is 20.0 Å². The summed E-state index contributed by atoms with van der Waals surface area (Å²) in [7, 11) is 0. The van der Waals surface area contributed by atoms with Gasteiger partial charge in [0, 0.05) is 5.56 Å². The minimum Gasteiger partial charge on any atom is -0.462 e. The van der Waals surface area contributed by atoms with Crippen molar-refractivity contribution in [2.75, 3.05) is 19.8 Å². The van der Waals surface area contributed by atoms with Crippen LogP contribution in [0, 0.1) is 0 Å². The quantitative estimate of drug-likeness (QED) is 0.754. The average Bonchev–Trinajstić information content (AvgIpc) is 2.78. The highest BCUT2D eigenvalue weighted by atomic mass is 16.7. The lowest BCUT2D eigenvalue weighted by Crippen LogP contribution is -2.26. The van der Waals surface area contributed by atoms with Crippen LogP contribution in [0.25, 0.3) is 0 Å². The first-order valence-corrected chi connectivity index (χ1v) is 5.72. The zero-order valence-electron chi connectivity index (χ0n) is 10.1. The molecule has 0 spiro atoms. The van der Waals surface area contributed by atoms with E-state index in [2.05, 4.69) is 0 Å². The summed E-state index contributed by atoms with van der Waals surface area (Å²) in [4.78, 5) is 11.8. The van der Waals surface area contributed by atoms with E-state index in [-0.39, 0.29) is 5.97 Å². The van der Waals surface area contributed by atoms with Crippen molar-refractivity contribution in [3.63, 3.8) is 0 Å². The zero-order valence-corrected chi connectivity index (χ0v) is 10.1. The third kappa shape index (κ3) is 2.33. The molecular formula is C13H16O4. The summed E-state index contributed by atoms with van der Waals surface area (Å²) < 4.78 is 16.2. The monoisotopic (exact) mass is 236 g/mol. The first kappa shape index (κ1) is 12.1. The molecule has 0 bridgehead atoms. The lowest BCUT2D eigenvalue weighted by atomic mass is 10.0. The fourth-order valence-electron chi connectivity index (χ4n) is 1.94. The predicted molar refractivity (Wildman–Crippen MR) is 61.7 cm³/mol. The van der Waals surface area contributed by atoms with Crippen LogP contribution in [0.4, 0.5) is 0 Å². The molecule has 2 rings (SSSR count). The number of hydrogen-bond donors (Lipinski definition) is 0. The highest BCUT2D eigenvalue weighted by molar-refractivity contribution is 5.91. The van der Waals surface area contributed by atoms with Gasteiger partial charge in [0.15, 0.2) is 5.79 Å². The SMILES string of the molecule is CCOC(=O)c1ccccc1C1(C)OCCO1. The van der Waals surface area contributed by atoms with Gasteiger partial charge in [0.2, 0.25) is 0 Å². The van der Waals surface area contributed by atoms with E-state index in [1.165, 1.54) is 0 Å². The van der Waals surface area contributed by atoms with E-state index >= 15 is 0 Å². The molecule has 0 aliphatic carbocycles. The van der Waals surface area contributed by atoms with Gasteiger partial charge in [-0.3, -0.25) is 0 Å². The molecule has 92 valence electrons. The van der Waals surface area contributed by atoms with Gasteiger partial charge in [0.05, 0.1) is 25.4 Å². The Balaban J connectivity index is 2.36. The third-order valence-corrected chi connectivity index (χ3v) is 2.75. The standard InChI is InChI=1S/C13H16O4/c1-3-15-12(14)10-6-4-5-7-11(10)13(2)16-8-9-17-13/h4-7H,3,8-9H2,1-2H3. The minimum absolute atomic E-state index is 0.344. The summed E-state index contributed by atoms with van der Waals surface area (Å²) in [5, 5.41) is 0. The van der Waals surface area contributed by atoms with Crippen LogP contribution in [0.15, 0.2) is 24.3 Å². The highest BCUT2D eigenvalue weighted by Gasteiger charge is 2.36. The highest BCUT2D eigenvalue weighted by Crippen LogP contribution is 2.33. The van der Waals surface area contributed by atoms with Gasteiger partial charge in [-0.05, 0) is 19.9 Å².